The van der Waals surface area contributed by atoms with Gasteiger partial charge in [0.2, 0.25) is 5.91 Å². The first kappa shape index (κ1) is 20.6. The molecule has 1 amide bonds. The summed E-state index contributed by atoms with van der Waals surface area (Å²) in [6.07, 6.45) is 2.61. The number of amides is 1. The van der Waals surface area contributed by atoms with E-state index in [4.69, 9.17) is 4.74 Å². The van der Waals surface area contributed by atoms with E-state index in [1.54, 1.807) is 0 Å². The zero-order valence-corrected chi connectivity index (χ0v) is 17.2. The summed E-state index contributed by atoms with van der Waals surface area (Å²) in [5.41, 5.74) is 3.97. The lowest BCUT2D eigenvalue weighted by Gasteiger charge is -2.19. The van der Waals surface area contributed by atoms with Crippen molar-refractivity contribution in [2.75, 3.05) is 0 Å². The summed E-state index contributed by atoms with van der Waals surface area (Å²) in [4.78, 5) is 28.5. The third-order valence-electron chi connectivity index (χ3n) is 4.90. The molecule has 5 nitrogen and oxygen atoms in total. The van der Waals surface area contributed by atoms with E-state index in [0.717, 1.165) is 27.6 Å². The highest BCUT2D eigenvalue weighted by atomic mass is 16.5. The van der Waals surface area contributed by atoms with Gasteiger partial charge in [0.25, 0.3) is 0 Å². The Morgan fingerprint density at radius 1 is 1.07 bits per heavy atom. The maximum absolute atomic E-state index is 12.7. The second-order valence-corrected chi connectivity index (χ2v) is 7.83. The molecule has 0 aliphatic heterocycles. The van der Waals surface area contributed by atoms with Gasteiger partial charge in [-0.1, -0.05) is 56.3 Å². The summed E-state index contributed by atoms with van der Waals surface area (Å²) in [7, 11) is 0. The fraction of sp³-hybridized carbons (Fsp3) is 0.333. The molecule has 0 bridgehead atoms. The van der Waals surface area contributed by atoms with Crippen molar-refractivity contribution in [1.29, 1.82) is 0 Å². The largest absolute Gasteiger partial charge is 0.459 e. The predicted octanol–water partition coefficient (Wildman–Crippen LogP) is 4.29. The number of fused-ring (bicyclic) bond motifs is 1. The molecule has 0 spiro atoms. The van der Waals surface area contributed by atoms with Crippen LogP contribution in [0.1, 0.15) is 37.0 Å². The Bertz CT molecular complexity index is 976. The van der Waals surface area contributed by atoms with Crippen LogP contribution < -0.4 is 5.32 Å². The number of rotatable bonds is 8. The van der Waals surface area contributed by atoms with Crippen LogP contribution in [0.3, 0.4) is 0 Å². The lowest BCUT2D eigenvalue weighted by Crippen LogP contribution is -2.43. The molecule has 0 aliphatic carbocycles. The van der Waals surface area contributed by atoms with Crippen LogP contribution in [-0.4, -0.2) is 22.9 Å². The first-order chi connectivity index (χ1) is 13.9. The average Bonchev–Trinajstić information content (AvgIpc) is 3.10. The number of aryl methyl sites for hydroxylation is 1. The van der Waals surface area contributed by atoms with E-state index in [9.17, 15) is 9.59 Å². The van der Waals surface area contributed by atoms with Crippen LogP contribution in [0.5, 0.6) is 0 Å². The maximum atomic E-state index is 12.7. The molecular formula is C24H28N2O3. The van der Waals surface area contributed by atoms with Crippen LogP contribution in [0.2, 0.25) is 0 Å². The Hall–Kier alpha value is -3.08. The maximum Gasteiger partial charge on any atom is 0.328 e. The number of carbonyl (C=O) groups is 2. The molecule has 0 aliphatic rings. The quantitative estimate of drug-likeness (QED) is 0.562. The van der Waals surface area contributed by atoms with Crippen molar-refractivity contribution < 1.29 is 14.3 Å². The van der Waals surface area contributed by atoms with Gasteiger partial charge < -0.3 is 15.0 Å². The third-order valence-corrected chi connectivity index (χ3v) is 4.90. The minimum absolute atomic E-state index is 0.184. The normalized spacial score (nSPS) is 12.1. The van der Waals surface area contributed by atoms with E-state index in [2.05, 4.69) is 10.3 Å². The monoisotopic (exact) mass is 392 g/mol. The zero-order valence-electron chi connectivity index (χ0n) is 17.2. The van der Waals surface area contributed by atoms with Crippen LogP contribution >= 0.6 is 0 Å². The lowest BCUT2D eigenvalue weighted by atomic mass is 10.0. The minimum Gasteiger partial charge on any atom is -0.459 e. The van der Waals surface area contributed by atoms with E-state index in [-0.39, 0.29) is 24.9 Å². The minimum atomic E-state index is -0.655. The Morgan fingerprint density at radius 3 is 2.55 bits per heavy atom. The summed E-state index contributed by atoms with van der Waals surface area (Å²) in [6, 6.07) is 14.9. The van der Waals surface area contributed by atoms with Gasteiger partial charge in [0.15, 0.2) is 0 Å². The Morgan fingerprint density at radius 2 is 1.83 bits per heavy atom. The first-order valence-corrected chi connectivity index (χ1v) is 9.99. The van der Waals surface area contributed by atoms with Crippen molar-refractivity contribution in [2.24, 2.45) is 5.92 Å². The molecule has 0 unspecified atom stereocenters. The summed E-state index contributed by atoms with van der Waals surface area (Å²) in [5.74, 6) is -0.331. The van der Waals surface area contributed by atoms with Gasteiger partial charge in [0, 0.05) is 17.1 Å². The molecule has 29 heavy (non-hydrogen) atoms. The number of H-pyrrole nitrogens is 1. The van der Waals surface area contributed by atoms with Gasteiger partial charge in [-0.15, -0.1) is 0 Å². The molecule has 5 heteroatoms. The van der Waals surface area contributed by atoms with Crippen LogP contribution in [0.15, 0.2) is 54.7 Å². The molecule has 2 aromatic carbocycles. The molecule has 0 radical (unpaired) electrons. The molecule has 2 N–H and O–H groups in total. The smallest absolute Gasteiger partial charge is 0.328 e. The van der Waals surface area contributed by atoms with E-state index < -0.39 is 12.0 Å². The van der Waals surface area contributed by atoms with E-state index in [1.165, 1.54) is 0 Å². The SMILES string of the molecule is Cc1cccc2[nH]cc(CC(=O)N[C@@H](CC(C)C)C(=O)OCc3ccccc3)c12. The van der Waals surface area contributed by atoms with Crippen LogP contribution in [0, 0.1) is 12.8 Å². The molecule has 3 rings (SSSR count). The number of ether oxygens (including phenoxy) is 1. The molecule has 3 aromatic rings. The highest BCUT2D eigenvalue weighted by molar-refractivity contribution is 5.92. The molecule has 0 fully saturated rings. The summed E-state index contributed by atoms with van der Waals surface area (Å²) in [5, 5.41) is 3.94. The van der Waals surface area contributed by atoms with Crippen molar-refractivity contribution in [3.05, 3.63) is 71.4 Å². The highest BCUT2D eigenvalue weighted by Gasteiger charge is 2.24. The number of benzene rings is 2. The number of carbonyl (C=O) groups excluding carboxylic acids is 2. The fourth-order valence-corrected chi connectivity index (χ4v) is 3.52. The average molecular weight is 392 g/mol. The van der Waals surface area contributed by atoms with Crippen molar-refractivity contribution in [3.63, 3.8) is 0 Å². The van der Waals surface area contributed by atoms with Gasteiger partial charge in [0.1, 0.15) is 12.6 Å². The van der Waals surface area contributed by atoms with E-state index in [1.807, 2.05) is 75.5 Å². The van der Waals surface area contributed by atoms with Crippen molar-refractivity contribution >= 4 is 22.8 Å². The van der Waals surface area contributed by atoms with E-state index in [0.29, 0.717) is 6.42 Å². The third kappa shape index (κ3) is 5.47. The van der Waals surface area contributed by atoms with Gasteiger partial charge in [-0.2, -0.15) is 0 Å². The standard InChI is InChI=1S/C24H28N2O3/c1-16(2)12-21(24(28)29-15-18-9-5-4-6-10-18)26-22(27)13-19-14-25-20-11-7-8-17(3)23(19)20/h4-11,14,16,21,25H,12-13,15H2,1-3H3,(H,26,27)/t21-/m0/s1. The van der Waals surface area contributed by atoms with Crippen LogP contribution in [0.25, 0.3) is 10.9 Å². The van der Waals surface area contributed by atoms with Crippen molar-refractivity contribution in [3.8, 4) is 0 Å². The second kappa shape index (κ2) is 9.41. The zero-order chi connectivity index (χ0) is 20.8. The molecule has 152 valence electrons. The highest BCUT2D eigenvalue weighted by Crippen LogP contribution is 2.22. The fourth-order valence-electron chi connectivity index (χ4n) is 3.52. The first-order valence-electron chi connectivity index (χ1n) is 9.99. The Kier molecular flexibility index (Phi) is 6.70. The molecule has 0 saturated heterocycles. The molecule has 1 aromatic heterocycles. The van der Waals surface area contributed by atoms with Crippen molar-refractivity contribution in [1.82, 2.24) is 10.3 Å². The van der Waals surface area contributed by atoms with Crippen molar-refractivity contribution in [2.45, 2.75) is 46.3 Å². The number of aromatic nitrogens is 1. The summed E-state index contributed by atoms with van der Waals surface area (Å²) < 4.78 is 5.46. The van der Waals surface area contributed by atoms with Gasteiger partial charge in [0.05, 0.1) is 6.42 Å². The summed E-state index contributed by atoms with van der Waals surface area (Å²) >= 11 is 0. The number of aromatic amines is 1. The number of hydrogen-bond donors (Lipinski definition) is 2. The molecule has 1 heterocycles. The number of hydrogen-bond acceptors (Lipinski definition) is 3. The lowest BCUT2D eigenvalue weighted by molar-refractivity contribution is -0.149. The molecule has 1 atom stereocenters. The second-order valence-electron chi connectivity index (χ2n) is 7.83. The topological polar surface area (TPSA) is 71.2 Å². The summed E-state index contributed by atoms with van der Waals surface area (Å²) in [6.45, 7) is 6.27. The number of esters is 1. The van der Waals surface area contributed by atoms with Gasteiger partial charge in [-0.3, -0.25) is 4.79 Å². The van der Waals surface area contributed by atoms with Gasteiger partial charge in [-0.05, 0) is 42.0 Å². The Labute approximate surface area is 171 Å². The van der Waals surface area contributed by atoms with Crippen LogP contribution in [0.4, 0.5) is 0 Å². The number of nitrogens with one attached hydrogen (secondary N) is 2. The van der Waals surface area contributed by atoms with Crippen LogP contribution in [-0.2, 0) is 27.4 Å². The van der Waals surface area contributed by atoms with Gasteiger partial charge in [-0.25, -0.2) is 4.79 Å². The molecule has 0 saturated carbocycles. The Balaban J connectivity index is 1.65. The van der Waals surface area contributed by atoms with E-state index >= 15 is 0 Å². The molecular weight excluding hydrogens is 364 g/mol. The van der Waals surface area contributed by atoms with Gasteiger partial charge >= 0.3 is 5.97 Å². The predicted molar refractivity (Wildman–Crippen MR) is 114 cm³/mol.